The zero-order chi connectivity index (χ0) is 13.9. The van der Waals surface area contributed by atoms with E-state index in [1.807, 2.05) is 0 Å². The molecule has 1 unspecified atom stereocenters. The summed E-state index contributed by atoms with van der Waals surface area (Å²) in [5, 5.41) is 0. The Balaban J connectivity index is 2.97. The molecule has 18 heavy (non-hydrogen) atoms. The SMILES string of the molecule is COC(=O)C(NS(=O)(=O)c1cnc(Cl)s1)C(C)C. The van der Waals surface area contributed by atoms with Crippen LogP contribution in [0.2, 0.25) is 4.47 Å². The molecule has 0 aliphatic heterocycles. The topological polar surface area (TPSA) is 85.4 Å². The van der Waals surface area contributed by atoms with Gasteiger partial charge in [-0.25, -0.2) is 13.4 Å². The zero-order valence-electron chi connectivity index (χ0n) is 10.0. The van der Waals surface area contributed by atoms with E-state index in [1.54, 1.807) is 13.8 Å². The van der Waals surface area contributed by atoms with Gasteiger partial charge in [-0.2, -0.15) is 4.72 Å². The quantitative estimate of drug-likeness (QED) is 0.828. The van der Waals surface area contributed by atoms with Crippen molar-refractivity contribution in [3.63, 3.8) is 0 Å². The van der Waals surface area contributed by atoms with Gasteiger partial charge in [-0.1, -0.05) is 36.8 Å². The van der Waals surface area contributed by atoms with Crippen LogP contribution in [-0.2, 0) is 19.6 Å². The van der Waals surface area contributed by atoms with E-state index in [2.05, 4.69) is 14.4 Å². The van der Waals surface area contributed by atoms with E-state index in [1.165, 1.54) is 7.11 Å². The molecular formula is C9H13ClN2O4S2. The van der Waals surface area contributed by atoms with Crippen LogP contribution in [0.5, 0.6) is 0 Å². The van der Waals surface area contributed by atoms with E-state index in [-0.39, 0.29) is 14.6 Å². The molecule has 9 heteroatoms. The number of sulfonamides is 1. The Morgan fingerprint density at radius 1 is 1.56 bits per heavy atom. The highest BCUT2D eigenvalue weighted by Crippen LogP contribution is 2.23. The summed E-state index contributed by atoms with van der Waals surface area (Å²) in [6, 6.07) is -0.944. The van der Waals surface area contributed by atoms with E-state index in [0.29, 0.717) is 0 Å². The van der Waals surface area contributed by atoms with Crippen LogP contribution in [0.3, 0.4) is 0 Å². The van der Waals surface area contributed by atoms with Crippen molar-refractivity contribution in [3.8, 4) is 0 Å². The highest BCUT2D eigenvalue weighted by Gasteiger charge is 2.30. The van der Waals surface area contributed by atoms with Crippen LogP contribution in [0.1, 0.15) is 13.8 Å². The average Bonchev–Trinajstić information content (AvgIpc) is 2.72. The van der Waals surface area contributed by atoms with Crippen LogP contribution in [0.15, 0.2) is 10.4 Å². The van der Waals surface area contributed by atoms with E-state index < -0.39 is 22.0 Å². The van der Waals surface area contributed by atoms with Crippen LogP contribution < -0.4 is 4.72 Å². The summed E-state index contributed by atoms with van der Waals surface area (Å²) >= 11 is 6.40. The summed E-state index contributed by atoms with van der Waals surface area (Å²) in [7, 11) is -2.61. The highest BCUT2D eigenvalue weighted by molar-refractivity contribution is 7.91. The van der Waals surface area contributed by atoms with Gasteiger partial charge in [-0.05, 0) is 5.92 Å². The lowest BCUT2D eigenvalue weighted by Crippen LogP contribution is -2.44. The number of esters is 1. The first-order valence-corrected chi connectivity index (χ1v) is 7.67. The minimum absolute atomic E-state index is 0.0398. The van der Waals surface area contributed by atoms with Gasteiger partial charge in [0.15, 0.2) is 8.68 Å². The largest absolute Gasteiger partial charge is 0.468 e. The van der Waals surface area contributed by atoms with E-state index in [0.717, 1.165) is 17.5 Å². The second kappa shape index (κ2) is 5.96. The lowest BCUT2D eigenvalue weighted by Gasteiger charge is -2.18. The number of nitrogens with zero attached hydrogens (tertiary/aromatic N) is 1. The number of carbonyl (C=O) groups is 1. The van der Waals surface area contributed by atoms with Crippen LogP contribution in [0, 0.1) is 5.92 Å². The molecule has 0 saturated carbocycles. The van der Waals surface area contributed by atoms with Crippen molar-refractivity contribution in [3.05, 3.63) is 10.7 Å². The van der Waals surface area contributed by atoms with Gasteiger partial charge < -0.3 is 4.74 Å². The van der Waals surface area contributed by atoms with Crippen molar-refractivity contribution >= 4 is 38.9 Å². The molecule has 1 aromatic rings. The molecule has 0 saturated heterocycles. The molecular weight excluding hydrogens is 300 g/mol. The van der Waals surface area contributed by atoms with Gasteiger partial charge in [-0.15, -0.1) is 0 Å². The fourth-order valence-corrected chi connectivity index (χ4v) is 3.81. The van der Waals surface area contributed by atoms with Crippen LogP contribution in [-0.4, -0.2) is 32.5 Å². The smallest absolute Gasteiger partial charge is 0.324 e. The maximum Gasteiger partial charge on any atom is 0.324 e. The lowest BCUT2D eigenvalue weighted by molar-refractivity contribution is -0.143. The third kappa shape index (κ3) is 3.64. The summed E-state index contributed by atoms with van der Waals surface area (Å²) in [5.74, 6) is -0.875. The number of hydrogen-bond donors (Lipinski definition) is 1. The molecule has 6 nitrogen and oxygen atoms in total. The molecule has 1 heterocycles. The van der Waals surface area contributed by atoms with Gasteiger partial charge in [0.1, 0.15) is 6.04 Å². The van der Waals surface area contributed by atoms with Crippen molar-refractivity contribution < 1.29 is 17.9 Å². The predicted octanol–water partition coefficient (Wildman–Crippen LogP) is 1.27. The summed E-state index contributed by atoms with van der Waals surface area (Å²) in [6.45, 7) is 3.42. The Morgan fingerprint density at radius 3 is 2.56 bits per heavy atom. The van der Waals surface area contributed by atoms with Crippen LogP contribution in [0.4, 0.5) is 0 Å². The van der Waals surface area contributed by atoms with Crippen molar-refractivity contribution in [1.82, 2.24) is 9.71 Å². The summed E-state index contributed by atoms with van der Waals surface area (Å²) in [4.78, 5) is 15.1. The molecule has 0 aliphatic rings. The highest BCUT2D eigenvalue weighted by atomic mass is 35.5. The Morgan fingerprint density at radius 2 is 2.17 bits per heavy atom. The summed E-state index contributed by atoms with van der Waals surface area (Å²) < 4.78 is 30.9. The maximum atomic E-state index is 12.0. The fourth-order valence-electron chi connectivity index (χ4n) is 1.17. The zero-order valence-corrected chi connectivity index (χ0v) is 12.4. The number of methoxy groups -OCH3 is 1. The van der Waals surface area contributed by atoms with Gasteiger partial charge >= 0.3 is 5.97 Å². The summed E-state index contributed by atoms with van der Waals surface area (Å²) in [5.41, 5.74) is 0. The Hall–Kier alpha value is -0.700. The first kappa shape index (κ1) is 15.4. The molecule has 0 bridgehead atoms. The minimum Gasteiger partial charge on any atom is -0.468 e. The number of hydrogen-bond acceptors (Lipinski definition) is 6. The molecule has 0 fully saturated rings. The normalized spacial score (nSPS) is 13.6. The maximum absolute atomic E-state index is 12.0. The van der Waals surface area contributed by atoms with Crippen molar-refractivity contribution in [1.29, 1.82) is 0 Å². The molecule has 0 radical (unpaired) electrons. The number of halogens is 1. The second-order valence-electron chi connectivity index (χ2n) is 3.80. The molecule has 0 amide bonds. The molecule has 102 valence electrons. The third-order valence-corrected chi connectivity index (χ3v) is 5.14. The molecule has 0 aliphatic carbocycles. The van der Waals surface area contributed by atoms with Crippen LogP contribution in [0.25, 0.3) is 0 Å². The minimum atomic E-state index is -3.82. The standard InChI is InChI=1S/C9H13ClN2O4S2/c1-5(2)7(8(13)16-3)12-18(14,15)6-4-11-9(10)17-6/h4-5,7,12H,1-3H3. The lowest BCUT2D eigenvalue weighted by atomic mass is 10.1. The third-order valence-electron chi connectivity index (χ3n) is 2.13. The second-order valence-corrected chi connectivity index (χ2v) is 7.35. The van der Waals surface area contributed by atoms with Crippen molar-refractivity contribution in [2.24, 2.45) is 5.92 Å². The Labute approximate surface area is 114 Å². The van der Waals surface area contributed by atoms with E-state index in [4.69, 9.17) is 11.6 Å². The molecule has 0 aromatic carbocycles. The molecule has 1 rings (SSSR count). The molecule has 1 atom stereocenters. The number of carbonyl (C=O) groups excluding carboxylic acids is 1. The van der Waals surface area contributed by atoms with Gasteiger partial charge in [0.25, 0.3) is 10.0 Å². The van der Waals surface area contributed by atoms with Crippen molar-refractivity contribution in [2.75, 3.05) is 7.11 Å². The number of aromatic nitrogens is 1. The van der Waals surface area contributed by atoms with Crippen LogP contribution >= 0.6 is 22.9 Å². The monoisotopic (exact) mass is 312 g/mol. The number of thiazole rings is 1. The van der Waals surface area contributed by atoms with Gasteiger partial charge in [0, 0.05) is 0 Å². The van der Waals surface area contributed by atoms with E-state index >= 15 is 0 Å². The molecule has 0 spiro atoms. The van der Waals surface area contributed by atoms with Gasteiger partial charge in [-0.3, -0.25) is 4.79 Å². The van der Waals surface area contributed by atoms with Crippen molar-refractivity contribution in [2.45, 2.75) is 24.1 Å². The Bertz CT molecular complexity index is 526. The number of rotatable bonds is 5. The van der Waals surface area contributed by atoms with E-state index in [9.17, 15) is 13.2 Å². The molecule has 1 aromatic heterocycles. The average molecular weight is 313 g/mol. The Kier molecular flexibility index (Phi) is 5.09. The summed E-state index contributed by atoms with van der Waals surface area (Å²) in [6.07, 6.45) is 1.14. The fraction of sp³-hybridized carbons (Fsp3) is 0.556. The van der Waals surface area contributed by atoms with Gasteiger partial charge in [0.2, 0.25) is 0 Å². The first-order chi connectivity index (χ1) is 8.27. The number of nitrogens with one attached hydrogen (secondary N) is 1. The first-order valence-electron chi connectivity index (χ1n) is 4.99. The molecule has 1 N–H and O–H groups in total. The predicted molar refractivity (Wildman–Crippen MR) is 68.1 cm³/mol. The van der Waals surface area contributed by atoms with Gasteiger partial charge in [0.05, 0.1) is 13.3 Å². The number of ether oxygens (including phenoxy) is 1.